The third-order valence-corrected chi connectivity index (χ3v) is 13.8. The number of hydrogen-bond donors (Lipinski definition) is 0. The molecule has 0 spiro atoms. The molecule has 0 bridgehead atoms. The SMILES string of the molecule is c1ccc2c(c1)Oc1cccc3c4cc(-c5ccccc5N(c5ccc(-c6ccc(-c7cccc8ccccc78)cc6)cc5)c5ccc(-c6ccc7oc8ccccc8c7c6)cc5)ccc4n-2c13. The first kappa shape index (κ1) is 38.2. The van der Waals surface area contributed by atoms with Crippen molar-refractivity contribution in [1.82, 2.24) is 4.57 Å². The fraction of sp³-hybridized carbons (Fsp3) is 0. The molecular formula is C64H40N2O2. The fourth-order valence-electron chi connectivity index (χ4n) is 10.6. The number of aromatic nitrogens is 1. The van der Waals surface area contributed by atoms with Crippen LogP contribution in [0.3, 0.4) is 0 Å². The standard InChI is InChI=1S/C64H40N2O2/c1-2-13-50-44(11-1)12-9-16-51(50)45-25-23-41(24-26-45)42-27-33-48(34-28-42)65(49-35-29-43(30-36-49)46-32-38-61-56(39-46)53-15-4-7-20-60(53)67-61)57-18-5-3-14-52(57)47-31-37-58-55(40-47)54-17-10-22-63-64(54)66(58)59-19-6-8-21-62(59)68-63/h1-40H. The molecule has 13 aromatic rings. The Morgan fingerprint density at radius 1 is 0.338 bits per heavy atom. The number of para-hydroxylation sites is 5. The maximum absolute atomic E-state index is 6.45. The summed E-state index contributed by atoms with van der Waals surface area (Å²) in [6, 6.07) is 87.1. The quantitative estimate of drug-likeness (QED) is 0.160. The van der Waals surface area contributed by atoms with Gasteiger partial charge in [-0.2, -0.15) is 0 Å². The molecule has 0 amide bonds. The molecule has 14 rings (SSSR count). The van der Waals surface area contributed by atoms with Gasteiger partial charge in [0.25, 0.3) is 0 Å². The Bertz CT molecular complexity index is 4100. The number of fused-ring (bicyclic) bond motifs is 9. The molecule has 4 nitrogen and oxygen atoms in total. The van der Waals surface area contributed by atoms with E-state index in [1.54, 1.807) is 0 Å². The second kappa shape index (κ2) is 15.2. The van der Waals surface area contributed by atoms with Gasteiger partial charge in [-0.3, -0.25) is 0 Å². The summed E-state index contributed by atoms with van der Waals surface area (Å²) in [5, 5.41) is 7.11. The molecule has 318 valence electrons. The fourth-order valence-corrected chi connectivity index (χ4v) is 10.6. The van der Waals surface area contributed by atoms with E-state index in [1.807, 2.05) is 24.3 Å². The van der Waals surface area contributed by atoms with E-state index in [4.69, 9.17) is 9.15 Å². The minimum absolute atomic E-state index is 0.862. The predicted octanol–water partition coefficient (Wildman–Crippen LogP) is 18.1. The highest BCUT2D eigenvalue weighted by Crippen LogP contribution is 2.48. The number of ether oxygens (including phenoxy) is 1. The van der Waals surface area contributed by atoms with E-state index in [1.165, 1.54) is 38.2 Å². The number of benzene rings is 11. The first-order chi connectivity index (χ1) is 33.7. The Kier molecular flexibility index (Phi) is 8.55. The van der Waals surface area contributed by atoms with Crippen molar-refractivity contribution in [3.8, 4) is 61.7 Å². The van der Waals surface area contributed by atoms with E-state index >= 15 is 0 Å². The van der Waals surface area contributed by atoms with Crippen molar-refractivity contribution in [2.45, 2.75) is 0 Å². The number of furan rings is 1. The van der Waals surface area contributed by atoms with Crippen molar-refractivity contribution in [3.63, 3.8) is 0 Å². The van der Waals surface area contributed by atoms with Crippen LogP contribution in [0.15, 0.2) is 247 Å². The van der Waals surface area contributed by atoms with Crippen LogP contribution in [0.1, 0.15) is 0 Å². The molecule has 68 heavy (non-hydrogen) atoms. The Morgan fingerprint density at radius 3 is 1.74 bits per heavy atom. The molecule has 0 saturated heterocycles. The lowest BCUT2D eigenvalue weighted by atomic mass is 9.96. The van der Waals surface area contributed by atoms with Gasteiger partial charge in [0.2, 0.25) is 0 Å². The molecule has 2 aromatic heterocycles. The Labute approximate surface area is 392 Å². The lowest BCUT2D eigenvalue weighted by Crippen LogP contribution is -2.11. The van der Waals surface area contributed by atoms with Crippen molar-refractivity contribution >= 4 is 71.6 Å². The topological polar surface area (TPSA) is 30.5 Å². The summed E-state index contributed by atoms with van der Waals surface area (Å²) in [7, 11) is 0. The molecular weight excluding hydrogens is 829 g/mol. The van der Waals surface area contributed by atoms with Crippen LogP contribution >= 0.6 is 0 Å². The highest BCUT2D eigenvalue weighted by atomic mass is 16.5. The lowest BCUT2D eigenvalue weighted by Gasteiger charge is -2.28. The summed E-state index contributed by atoms with van der Waals surface area (Å²) < 4.78 is 15.0. The van der Waals surface area contributed by atoms with Gasteiger partial charge < -0.3 is 18.6 Å². The molecule has 3 heterocycles. The van der Waals surface area contributed by atoms with Gasteiger partial charge in [-0.1, -0.05) is 164 Å². The minimum atomic E-state index is 0.862. The monoisotopic (exact) mass is 868 g/mol. The Balaban J connectivity index is 0.878. The van der Waals surface area contributed by atoms with Gasteiger partial charge in [-0.05, 0) is 129 Å². The number of rotatable bonds is 7. The lowest BCUT2D eigenvalue weighted by molar-refractivity contribution is 0.476. The summed E-state index contributed by atoms with van der Waals surface area (Å²) >= 11 is 0. The second-order valence-corrected chi connectivity index (χ2v) is 17.6. The van der Waals surface area contributed by atoms with Crippen molar-refractivity contribution in [2.24, 2.45) is 0 Å². The molecule has 0 fully saturated rings. The molecule has 1 aliphatic heterocycles. The Hall–Kier alpha value is -9.12. The number of nitrogens with zero attached hydrogens (tertiary/aromatic N) is 2. The van der Waals surface area contributed by atoms with Gasteiger partial charge in [0.05, 0.1) is 22.4 Å². The maximum Gasteiger partial charge on any atom is 0.152 e. The van der Waals surface area contributed by atoms with Crippen molar-refractivity contribution in [3.05, 3.63) is 243 Å². The van der Waals surface area contributed by atoms with E-state index < -0.39 is 0 Å². The van der Waals surface area contributed by atoms with Crippen LogP contribution in [0.2, 0.25) is 0 Å². The predicted molar refractivity (Wildman–Crippen MR) is 282 cm³/mol. The highest BCUT2D eigenvalue weighted by molar-refractivity contribution is 6.13. The zero-order valence-electron chi connectivity index (χ0n) is 36.8. The first-order valence-electron chi connectivity index (χ1n) is 23.1. The summed E-state index contributed by atoms with van der Waals surface area (Å²) in [6.45, 7) is 0. The zero-order chi connectivity index (χ0) is 44.7. The van der Waals surface area contributed by atoms with Gasteiger partial charge in [0, 0.05) is 38.5 Å². The normalized spacial score (nSPS) is 11.9. The molecule has 0 radical (unpaired) electrons. The number of hydrogen-bond acceptors (Lipinski definition) is 3. The van der Waals surface area contributed by atoms with E-state index in [0.29, 0.717) is 0 Å². The van der Waals surface area contributed by atoms with Crippen LogP contribution in [-0.4, -0.2) is 4.57 Å². The van der Waals surface area contributed by atoms with Gasteiger partial charge >= 0.3 is 0 Å². The van der Waals surface area contributed by atoms with Crippen LogP contribution in [0, 0.1) is 0 Å². The van der Waals surface area contributed by atoms with Crippen LogP contribution < -0.4 is 9.64 Å². The van der Waals surface area contributed by atoms with Gasteiger partial charge in [0.15, 0.2) is 11.5 Å². The van der Waals surface area contributed by atoms with Crippen LogP contribution in [-0.2, 0) is 0 Å². The smallest absolute Gasteiger partial charge is 0.152 e. The summed E-state index contributed by atoms with van der Waals surface area (Å²) in [5.74, 6) is 1.73. The van der Waals surface area contributed by atoms with E-state index in [9.17, 15) is 0 Å². The Morgan fingerprint density at radius 2 is 0.897 bits per heavy atom. The molecule has 0 saturated carbocycles. The molecule has 0 N–H and O–H groups in total. The zero-order valence-corrected chi connectivity index (χ0v) is 36.8. The minimum Gasteiger partial charge on any atom is -0.456 e. The molecule has 4 heteroatoms. The van der Waals surface area contributed by atoms with E-state index in [0.717, 1.165) is 95.0 Å². The third kappa shape index (κ3) is 6.08. The molecule has 11 aromatic carbocycles. The molecule has 0 aliphatic carbocycles. The largest absolute Gasteiger partial charge is 0.456 e. The summed E-state index contributed by atoms with van der Waals surface area (Å²) in [6.07, 6.45) is 0. The van der Waals surface area contributed by atoms with Crippen LogP contribution in [0.5, 0.6) is 11.5 Å². The number of anilines is 3. The molecule has 0 atom stereocenters. The average molecular weight is 869 g/mol. The second-order valence-electron chi connectivity index (χ2n) is 17.6. The van der Waals surface area contributed by atoms with Gasteiger partial charge in [-0.15, -0.1) is 0 Å². The van der Waals surface area contributed by atoms with Gasteiger partial charge in [-0.25, -0.2) is 0 Å². The van der Waals surface area contributed by atoms with E-state index in [2.05, 4.69) is 228 Å². The van der Waals surface area contributed by atoms with Crippen LogP contribution in [0.25, 0.3) is 105 Å². The van der Waals surface area contributed by atoms with Gasteiger partial charge in [0.1, 0.15) is 11.2 Å². The average Bonchev–Trinajstić information content (AvgIpc) is 3.95. The van der Waals surface area contributed by atoms with Crippen molar-refractivity contribution in [1.29, 1.82) is 0 Å². The summed E-state index contributed by atoms with van der Waals surface area (Å²) in [5.41, 5.74) is 17.6. The van der Waals surface area contributed by atoms with Crippen molar-refractivity contribution < 1.29 is 9.15 Å². The summed E-state index contributed by atoms with van der Waals surface area (Å²) in [4.78, 5) is 2.39. The molecule has 1 aliphatic rings. The van der Waals surface area contributed by atoms with Crippen molar-refractivity contribution in [2.75, 3.05) is 4.90 Å². The van der Waals surface area contributed by atoms with Crippen LogP contribution in [0.4, 0.5) is 17.1 Å². The molecule has 0 unspecified atom stereocenters. The first-order valence-corrected chi connectivity index (χ1v) is 23.1. The van der Waals surface area contributed by atoms with E-state index in [-0.39, 0.29) is 0 Å². The highest BCUT2D eigenvalue weighted by Gasteiger charge is 2.25. The third-order valence-electron chi connectivity index (χ3n) is 13.8. The maximum atomic E-state index is 6.45.